The summed E-state index contributed by atoms with van der Waals surface area (Å²) < 4.78 is 6.56. The fourth-order valence-corrected chi connectivity index (χ4v) is 2.26. The molecular weight excluding hydrogens is 278 g/mol. The molecule has 0 fully saturated rings. The van der Waals surface area contributed by atoms with E-state index in [1.165, 1.54) is 5.56 Å². The standard InChI is InChI=1S/C14H22BrNO/c1-11(12-7-5-6-8-13(12)15)16-10-9-14(2,3)17-4/h5-8,11,16H,9-10H2,1-4H3. The van der Waals surface area contributed by atoms with Gasteiger partial charge in [0.15, 0.2) is 0 Å². The van der Waals surface area contributed by atoms with E-state index in [1.54, 1.807) is 7.11 Å². The molecule has 0 aliphatic carbocycles. The quantitative estimate of drug-likeness (QED) is 0.860. The Labute approximate surface area is 113 Å². The number of halogens is 1. The number of nitrogens with one attached hydrogen (secondary N) is 1. The minimum Gasteiger partial charge on any atom is -0.379 e. The van der Waals surface area contributed by atoms with E-state index in [9.17, 15) is 0 Å². The molecule has 2 nitrogen and oxygen atoms in total. The molecule has 0 saturated carbocycles. The van der Waals surface area contributed by atoms with Crippen LogP contribution >= 0.6 is 15.9 Å². The Balaban J connectivity index is 2.46. The molecule has 0 heterocycles. The average Bonchev–Trinajstić information content (AvgIpc) is 2.29. The van der Waals surface area contributed by atoms with Crippen molar-refractivity contribution in [3.05, 3.63) is 34.3 Å². The van der Waals surface area contributed by atoms with E-state index < -0.39 is 0 Å². The van der Waals surface area contributed by atoms with Crippen molar-refractivity contribution in [3.63, 3.8) is 0 Å². The van der Waals surface area contributed by atoms with Crippen LogP contribution in [0, 0.1) is 0 Å². The number of rotatable bonds is 6. The second-order valence-electron chi connectivity index (χ2n) is 4.91. The zero-order chi connectivity index (χ0) is 12.9. The summed E-state index contributed by atoms with van der Waals surface area (Å²) in [5.74, 6) is 0. The fourth-order valence-electron chi connectivity index (χ4n) is 1.63. The average molecular weight is 300 g/mol. The molecule has 1 unspecified atom stereocenters. The molecule has 96 valence electrons. The molecule has 1 atom stereocenters. The molecule has 1 rings (SSSR count). The monoisotopic (exact) mass is 299 g/mol. The second kappa shape index (κ2) is 6.53. The number of ether oxygens (including phenoxy) is 1. The summed E-state index contributed by atoms with van der Waals surface area (Å²) in [6, 6.07) is 8.67. The number of benzene rings is 1. The van der Waals surface area contributed by atoms with Crippen LogP contribution in [0.5, 0.6) is 0 Å². The Hall–Kier alpha value is -0.380. The van der Waals surface area contributed by atoms with Gasteiger partial charge in [-0.2, -0.15) is 0 Å². The van der Waals surface area contributed by atoms with Crippen LogP contribution in [-0.2, 0) is 4.74 Å². The maximum atomic E-state index is 5.40. The molecule has 0 saturated heterocycles. The zero-order valence-electron chi connectivity index (χ0n) is 11.1. The maximum Gasteiger partial charge on any atom is 0.0634 e. The highest BCUT2D eigenvalue weighted by Gasteiger charge is 2.16. The lowest BCUT2D eigenvalue weighted by Crippen LogP contribution is -2.30. The topological polar surface area (TPSA) is 21.3 Å². The van der Waals surface area contributed by atoms with Gasteiger partial charge in [-0.25, -0.2) is 0 Å². The van der Waals surface area contributed by atoms with Crippen molar-refractivity contribution < 1.29 is 4.74 Å². The van der Waals surface area contributed by atoms with Gasteiger partial charge in [0.2, 0.25) is 0 Å². The van der Waals surface area contributed by atoms with Crippen molar-refractivity contribution in [1.29, 1.82) is 0 Å². The van der Waals surface area contributed by atoms with Gasteiger partial charge in [0, 0.05) is 17.6 Å². The SMILES string of the molecule is COC(C)(C)CCNC(C)c1ccccc1Br. The second-order valence-corrected chi connectivity index (χ2v) is 5.77. The summed E-state index contributed by atoms with van der Waals surface area (Å²) in [6.07, 6.45) is 0.998. The summed E-state index contributed by atoms with van der Waals surface area (Å²) in [7, 11) is 1.76. The van der Waals surface area contributed by atoms with Crippen molar-refractivity contribution in [2.75, 3.05) is 13.7 Å². The van der Waals surface area contributed by atoms with Gasteiger partial charge in [0.05, 0.1) is 5.60 Å². The first kappa shape index (κ1) is 14.7. The van der Waals surface area contributed by atoms with E-state index >= 15 is 0 Å². The van der Waals surface area contributed by atoms with E-state index in [4.69, 9.17) is 4.74 Å². The molecule has 1 N–H and O–H groups in total. The van der Waals surface area contributed by atoms with Gasteiger partial charge in [-0.3, -0.25) is 0 Å². The van der Waals surface area contributed by atoms with Gasteiger partial charge in [-0.1, -0.05) is 34.1 Å². The van der Waals surface area contributed by atoms with Crippen molar-refractivity contribution in [2.45, 2.75) is 38.8 Å². The van der Waals surface area contributed by atoms with E-state index in [1.807, 2.05) is 6.07 Å². The summed E-state index contributed by atoms with van der Waals surface area (Å²) >= 11 is 3.58. The van der Waals surface area contributed by atoms with Crippen molar-refractivity contribution in [1.82, 2.24) is 5.32 Å². The van der Waals surface area contributed by atoms with Crippen LogP contribution in [0.25, 0.3) is 0 Å². The first-order valence-corrected chi connectivity index (χ1v) is 6.78. The Kier molecular flexibility index (Phi) is 5.63. The maximum absolute atomic E-state index is 5.40. The van der Waals surface area contributed by atoms with Crippen LogP contribution in [0.4, 0.5) is 0 Å². The third kappa shape index (κ3) is 4.78. The molecular formula is C14H22BrNO. The molecule has 0 spiro atoms. The van der Waals surface area contributed by atoms with Crippen molar-refractivity contribution >= 4 is 15.9 Å². The molecule has 17 heavy (non-hydrogen) atoms. The molecule has 0 amide bonds. The van der Waals surface area contributed by atoms with Gasteiger partial charge >= 0.3 is 0 Å². The predicted molar refractivity (Wildman–Crippen MR) is 76.3 cm³/mol. The molecule has 1 aromatic rings. The number of hydrogen-bond donors (Lipinski definition) is 1. The number of methoxy groups -OCH3 is 1. The molecule has 0 radical (unpaired) electrons. The highest BCUT2D eigenvalue weighted by molar-refractivity contribution is 9.10. The van der Waals surface area contributed by atoms with Crippen LogP contribution in [-0.4, -0.2) is 19.3 Å². The molecule has 0 bridgehead atoms. The molecule has 0 aromatic heterocycles. The van der Waals surface area contributed by atoms with Gasteiger partial charge in [-0.15, -0.1) is 0 Å². The van der Waals surface area contributed by atoms with Gasteiger partial charge in [-0.05, 0) is 45.4 Å². The fraction of sp³-hybridized carbons (Fsp3) is 0.571. The normalized spacial score (nSPS) is 13.7. The zero-order valence-corrected chi connectivity index (χ0v) is 12.7. The van der Waals surface area contributed by atoms with E-state index in [-0.39, 0.29) is 5.60 Å². The Morgan fingerprint density at radius 3 is 2.59 bits per heavy atom. The molecule has 3 heteroatoms. The van der Waals surface area contributed by atoms with Gasteiger partial charge < -0.3 is 10.1 Å². The van der Waals surface area contributed by atoms with Crippen molar-refractivity contribution in [2.24, 2.45) is 0 Å². The summed E-state index contributed by atoms with van der Waals surface area (Å²) in [5.41, 5.74) is 1.24. The van der Waals surface area contributed by atoms with Crippen LogP contribution in [0.2, 0.25) is 0 Å². The van der Waals surface area contributed by atoms with Gasteiger partial charge in [0.25, 0.3) is 0 Å². The largest absolute Gasteiger partial charge is 0.379 e. The smallest absolute Gasteiger partial charge is 0.0634 e. The van der Waals surface area contributed by atoms with Crippen LogP contribution < -0.4 is 5.32 Å². The summed E-state index contributed by atoms with van der Waals surface area (Å²) in [6.45, 7) is 7.35. The number of hydrogen-bond acceptors (Lipinski definition) is 2. The molecule has 0 aliphatic rings. The Bertz CT molecular complexity index is 352. The molecule has 1 aromatic carbocycles. The summed E-state index contributed by atoms with van der Waals surface area (Å²) in [4.78, 5) is 0. The molecule has 0 aliphatic heterocycles. The van der Waals surface area contributed by atoms with Crippen LogP contribution in [0.3, 0.4) is 0 Å². The van der Waals surface area contributed by atoms with Crippen LogP contribution in [0.1, 0.15) is 38.8 Å². The third-order valence-electron chi connectivity index (χ3n) is 3.10. The Morgan fingerprint density at radius 1 is 1.35 bits per heavy atom. The highest BCUT2D eigenvalue weighted by Crippen LogP contribution is 2.23. The van der Waals surface area contributed by atoms with Crippen LogP contribution in [0.15, 0.2) is 28.7 Å². The first-order valence-electron chi connectivity index (χ1n) is 5.99. The minimum atomic E-state index is -0.0549. The predicted octanol–water partition coefficient (Wildman–Crippen LogP) is 3.91. The lowest BCUT2D eigenvalue weighted by molar-refractivity contribution is 0.0154. The lowest BCUT2D eigenvalue weighted by atomic mass is 10.0. The third-order valence-corrected chi connectivity index (χ3v) is 3.82. The first-order chi connectivity index (χ1) is 7.96. The summed E-state index contributed by atoms with van der Waals surface area (Å²) in [5, 5.41) is 3.52. The van der Waals surface area contributed by atoms with E-state index in [0.717, 1.165) is 17.4 Å². The van der Waals surface area contributed by atoms with Gasteiger partial charge in [0.1, 0.15) is 0 Å². The lowest BCUT2D eigenvalue weighted by Gasteiger charge is -2.24. The van der Waals surface area contributed by atoms with Crippen molar-refractivity contribution in [3.8, 4) is 0 Å². The Morgan fingerprint density at radius 2 is 2.00 bits per heavy atom. The highest BCUT2D eigenvalue weighted by atomic mass is 79.9. The van der Waals surface area contributed by atoms with E-state index in [2.05, 4.69) is 60.2 Å². The van der Waals surface area contributed by atoms with E-state index in [0.29, 0.717) is 6.04 Å². The minimum absolute atomic E-state index is 0.0549.